The molecule has 5 nitrogen and oxygen atoms in total. The molecule has 0 aliphatic heterocycles. The number of nitrogens with zero attached hydrogens (tertiary/aromatic N) is 2. The molecule has 0 radical (unpaired) electrons. The van der Waals surface area contributed by atoms with E-state index >= 15 is 0 Å². The van der Waals surface area contributed by atoms with Crippen LogP contribution >= 0.6 is 0 Å². The third-order valence-electron chi connectivity index (χ3n) is 2.88. The Bertz CT molecular complexity index is 545. The third kappa shape index (κ3) is 4.04. The molecule has 108 valence electrons. The molecular weight excluding hydrogens is 261 g/mol. The molecule has 0 aliphatic rings. The van der Waals surface area contributed by atoms with Crippen molar-refractivity contribution in [2.45, 2.75) is 12.6 Å². The molecule has 1 atom stereocenters. The van der Waals surface area contributed by atoms with Gasteiger partial charge in [-0.1, -0.05) is 12.1 Å². The zero-order chi connectivity index (χ0) is 14.4. The van der Waals surface area contributed by atoms with Crippen molar-refractivity contribution < 1.29 is 14.2 Å². The molecule has 0 aliphatic carbocycles. The van der Waals surface area contributed by atoms with Crippen LogP contribution in [0.4, 0.5) is 4.39 Å². The average molecular weight is 279 g/mol. The summed E-state index contributed by atoms with van der Waals surface area (Å²) in [6.45, 7) is 1.01. The van der Waals surface area contributed by atoms with Crippen molar-refractivity contribution in [2.24, 2.45) is 7.05 Å². The molecule has 1 heterocycles. The summed E-state index contributed by atoms with van der Waals surface area (Å²) in [5.41, 5.74) is 1.02. The molecule has 0 spiro atoms. The number of hydrogen-bond donors (Lipinski definition) is 2. The first kappa shape index (κ1) is 14.5. The van der Waals surface area contributed by atoms with Crippen LogP contribution in [-0.4, -0.2) is 34.1 Å². The van der Waals surface area contributed by atoms with Crippen molar-refractivity contribution in [1.82, 2.24) is 15.1 Å². The Balaban J connectivity index is 1.69. The first-order valence-corrected chi connectivity index (χ1v) is 6.40. The molecule has 20 heavy (non-hydrogen) atoms. The number of aromatic nitrogens is 2. The zero-order valence-electron chi connectivity index (χ0n) is 11.3. The van der Waals surface area contributed by atoms with Crippen LogP contribution in [0.1, 0.15) is 5.69 Å². The van der Waals surface area contributed by atoms with Gasteiger partial charge in [-0.05, 0) is 18.2 Å². The molecule has 1 aromatic heterocycles. The standard InChI is InChI=1S/C14H18FN3O2/c1-18-11(6-7-17-18)8-16-9-12(19)10-20-14-5-3-2-4-13(14)15/h2-7,12,16,19H,8-10H2,1H3. The highest BCUT2D eigenvalue weighted by molar-refractivity contribution is 5.23. The van der Waals surface area contributed by atoms with Crippen molar-refractivity contribution in [3.63, 3.8) is 0 Å². The van der Waals surface area contributed by atoms with Crippen LogP contribution in [0.15, 0.2) is 36.5 Å². The second kappa shape index (κ2) is 7.02. The van der Waals surface area contributed by atoms with Crippen LogP contribution in [0.5, 0.6) is 5.75 Å². The van der Waals surface area contributed by atoms with E-state index in [0.29, 0.717) is 13.1 Å². The van der Waals surface area contributed by atoms with Gasteiger partial charge in [-0.15, -0.1) is 0 Å². The molecule has 0 saturated heterocycles. The molecule has 0 amide bonds. The van der Waals surface area contributed by atoms with Crippen molar-refractivity contribution in [3.05, 3.63) is 48.0 Å². The van der Waals surface area contributed by atoms with E-state index in [2.05, 4.69) is 10.4 Å². The van der Waals surface area contributed by atoms with E-state index in [1.54, 1.807) is 23.0 Å². The topological polar surface area (TPSA) is 59.3 Å². The predicted molar refractivity (Wildman–Crippen MR) is 72.8 cm³/mol. The molecule has 6 heteroatoms. The Morgan fingerprint density at radius 1 is 1.40 bits per heavy atom. The Hall–Kier alpha value is -1.92. The fourth-order valence-electron chi connectivity index (χ4n) is 1.75. The van der Waals surface area contributed by atoms with Crippen LogP contribution in [0.3, 0.4) is 0 Å². The van der Waals surface area contributed by atoms with Gasteiger partial charge >= 0.3 is 0 Å². The number of benzene rings is 1. The summed E-state index contributed by atoms with van der Waals surface area (Å²) in [6.07, 6.45) is 1.01. The second-order valence-corrected chi connectivity index (χ2v) is 4.47. The van der Waals surface area contributed by atoms with E-state index in [1.165, 1.54) is 12.1 Å². The Kier molecular flexibility index (Phi) is 5.09. The van der Waals surface area contributed by atoms with Gasteiger partial charge in [0, 0.05) is 26.3 Å². The lowest BCUT2D eigenvalue weighted by Gasteiger charge is -2.13. The molecule has 2 N–H and O–H groups in total. The number of aryl methyl sites for hydroxylation is 1. The van der Waals surface area contributed by atoms with Crippen molar-refractivity contribution >= 4 is 0 Å². The van der Waals surface area contributed by atoms with Gasteiger partial charge in [0.25, 0.3) is 0 Å². The largest absolute Gasteiger partial charge is 0.488 e. The quantitative estimate of drug-likeness (QED) is 0.796. The lowest BCUT2D eigenvalue weighted by molar-refractivity contribution is 0.104. The molecular formula is C14H18FN3O2. The number of aliphatic hydroxyl groups excluding tert-OH is 1. The van der Waals surface area contributed by atoms with Crippen molar-refractivity contribution in [2.75, 3.05) is 13.2 Å². The number of nitrogens with one attached hydrogen (secondary N) is 1. The fraction of sp³-hybridized carbons (Fsp3) is 0.357. The number of aliphatic hydroxyl groups is 1. The maximum Gasteiger partial charge on any atom is 0.165 e. The summed E-state index contributed by atoms with van der Waals surface area (Å²) in [4.78, 5) is 0. The van der Waals surface area contributed by atoms with E-state index in [4.69, 9.17) is 4.74 Å². The molecule has 1 aromatic carbocycles. The van der Waals surface area contributed by atoms with E-state index in [0.717, 1.165) is 5.69 Å². The minimum absolute atomic E-state index is 0.0410. The normalized spacial score (nSPS) is 12.3. The highest BCUT2D eigenvalue weighted by Gasteiger charge is 2.08. The summed E-state index contributed by atoms with van der Waals surface area (Å²) < 4.78 is 20.3. The van der Waals surface area contributed by atoms with E-state index < -0.39 is 11.9 Å². The minimum atomic E-state index is -0.706. The number of rotatable bonds is 7. The number of hydrogen-bond acceptors (Lipinski definition) is 4. The SMILES string of the molecule is Cn1nccc1CNCC(O)COc1ccccc1F. The van der Waals surface area contributed by atoms with Gasteiger partial charge in [0.2, 0.25) is 0 Å². The summed E-state index contributed by atoms with van der Waals surface area (Å²) in [5, 5.41) is 16.9. The third-order valence-corrected chi connectivity index (χ3v) is 2.88. The highest BCUT2D eigenvalue weighted by atomic mass is 19.1. The predicted octanol–water partition coefficient (Wildman–Crippen LogP) is 1.09. The molecule has 2 rings (SSSR count). The lowest BCUT2D eigenvalue weighted by Crippen LogP contribution is -2.31. The molecule has 0 bridgehead atoms. The summed E-state index contributed by atoms with van der Waals surface area (Å²) in [7, 11) is 1.86. The smallest absolute Gasteiger partial charge is 0.165 e. The van der Waals surface area contributed by atoms with Gasteiger partial charge in [0.1, 0.15) is 12.7 Å². The van der Waals surface area contributed by atoms with Gasteiger partial charge in [0.05, 0.1) is 5.69 Å². The Morgan fingerprint density at radius 2 is 2.20 bits per heavy atom. The second-order valence-electron chi connectivity index (χ2n) is 4.47. The van der Waals surface area contributed by atoms with E-state index in [1.807, 2.05) is 13.1 Å². The Labute approximate surface area is 117 Å². The number of halogens is 1. The van der Waals surface area contributed by atoms with Gasteiger partial charge in [-0.25, -0.2) is 4.39 Å². The molecule has 0 saturated carbocycles. The van der Waals surface area contributed by atoms with Gasteiger partial charge in [-0.3, -0.25) is 4.68 Å². The molecule has 0 fully saturated rings. The summed E-state index contributed by atoms with van der Waals surface area (Å²) in [6, 6.07) is 8.03. The first-order chi connectivity index (χ1) is 9.66. The summed E-state index contributed by atoms with van der Waals surface area (Å²) in [5.74, 6) is -0.277. The Morgan fingerprint density at radius 3 is 2.90 bits per heavy atom. The van der Waals surface area contributed by atoms with E-state index in [-0.39, 0.29) is 12.4 Å². The van der Waals surface area contributed by atoms with Crippen LogP contribution in [0.25, 0.3) is 0 Å². The highest BCUT2D eigenvalue weighted by Crippen LogP contribution is 2.15. The zero-order valence-corrected chi connectivity index (χ0v) is 11.3. The average Bonchev–Trinajstić information content (AvgIpc) is 2.84. The summed E-state index contributed by atoms with van der Waals surface area (Å²) >= 11 is 0. The molecule has 2 aromatic rings. The first-order valence-electron chi connectivity index (χ1n) is 6.40. The number of ether oxygens (including phenoxy) is 1. The van der Waals surface area contributed by atoms with Gasteiger partial charge < -0.3 is 15.2 Å². The van der Waals surface area contributed by atoms with Crippen molar-refractivity contribution in [3.8, 4) is 5.75 Å². The fourth-order valence-corrected chi connectivity index (χ4v) is 1.75. The lowest BCUT2D eigenvalue weighted by atomic mass is 10.3. The van der Waals surface area contributed by atoms with E-state index in [9.17, 15) is 9.50 Å². The number of para-hydroxylation sites is 1. The van der Waals surface area contributed by atoms with Crippen LogP contribution in [-0.2, 0) is 13.6 Å². The van der Waals surface area contributed by atoms with Crippen LogP contribution in [0.2, 0.25) is 0 Å². The molecule has 1 unspecified atom stereocenters. The van der Waals surface area contributed by atoms with Gasteiger partial charge in [-0.2, -0.15) is 5.10 Å². The van der Waals surface area contributed by atoms with Gasteiger partial charge in [0.15, 0.2) is 11.6 Å². The minimum Gasteiger partial charge on any atom is -0.488 e. The maximum absolute atomic E-state index is 13.3. The van der Waals surface area contributed by atoms with Crippen LogP contribution in [0, 0.1) is 5.82 Å². The monoisotopic (exact) mass is 279 g/mol. The van der Waals surface area contributed by atoms with Crippen molar-refractivity contribution in [1.29, 1.82) is 0 Å². The van der Waals surface area contributed by atoms with Crippen LogP contribution < -0.4 is 10.1 Å². The maximum atomic E-state index is 13.3.